The number of carbonyl (C=O) groups excluding carboxylic acids is 1. The minimum atomic E-state index is -0.0920. The second-order valence-corrected chi connectivity index (χ2v) is 8.50. The Kier molecular flexibility index (Phi) is 4.68. The van der Waals surface area contributed by atoms with Gasteiger partial charge in [0.15, 0.2) is 4.34 Å². The molecule has 0 bridgehead atoms. The highest BCUT2D eigenvalue weighted by atomic mass is 32.2. The monoisotopic (exact) mass is 342 g/mol. The molecule has 0 atom stereocenters. The average Bonchev–Trinajstić information content (AvgIpc) is 2.88. The van der Waals surface area contributed by atoms with Crippen molar-refractivity contribution in [3.05, 3.63) is 53.6 Å². The third kappa shape index (κ3) is 3.92. The van der Waals surface area contributed by atoms with Gasteiger partial charge in [-0.25, -0.2) is 4.98 Å². The van der Waals surface area contributed by atoms with Crippen LogP contribution in [0.15, 0.2) is 46.8 Å². The lowest BCUT2D eigenvalue weighted by Gasteiger charge is -2.05. The first kappa shape index (κ1) is 16.0. The van der Waals surface area contributed by atoms with Crippen LogP contribution in [0.2, 0.25) is 0 Å². The molecule has 1 N–H and O–H groups in total. The van der Waals surface area contributed by atoms with Crippen molar-refractivity contribution >= 4 is 44.9 Å². The number of nitrogens with zero attached hydrogens (tertiary/aromatic N) is 1. The first-order chi connectivity index (χ1) is 11.0. The quantitative estimate of drug-likeness (QED) is 0.649. The van der Waals surface area contributed by atoms with Crippen LogP contribution < -0.4 is 5.32 Å². The highest BCUT2D eigenvalue weighted by molar-refractivity contribution is 8.01. The highest BCUT2D eigenvalue weighted by Gasteiger charge is 2.09. The molecule has 2 aromatic carbocycles. The van der Waals surface area contributed by atoms with Crippen molar-refractivity contribution in [3.63, 3.8) is 0 Å². The van der Waals surface area contributed by atoms with E-state index in [1.165, 1.54) is 0 Å². The van der Waals surface area contributed by atoms with Gasteiger partial charge in [-0.2, -0.15) is 0 Å². The van der Waals surface area contributed by atoms with Gasteiger partial charge >= 0.3 is 0 Å². The van der Waals surface area contributed by atoms with E-state index in [0.717, 1.165) is 25.8 Å². The third-order valence-corrected chi connectivity index (χ3v) is 5.39. The number of anilines is 1. The van der Waals surface area contributed by atoms with Crippen molar-refractivity contribution in [2.24, 2.45) is 0 Å². The molecule has 0 aliphatic heterocycles. The van der Waals surface area contributed by atoms with E-state index in [1.54, 1.807) is 23.1 Å². The zero-order valence-electron chi connectivity index (χ0n) is 13.3. The maximum atomic E-state index is 12.3. The molecular formula is C18H18N2OS2. The number of thioether (sulfide) groups is 1. The van der Waals surface area contributed by atoms with Gasteiger partial charge in [-0.05, 0) is 37.3 Å². The predicted molar refractivity (Wildman–Crippen MR) is 99.7 cm³/mol. The van der Waals surface area contributed by atoms with Crippen molar-refractivity contribution in [3.8, 4) is 0 Å². The Labute approximate surface area is 144 Å². The number of thiazole rings is 1. The van der Waals surface area contributed by atoms with Crippen molar-refractivity contribution in [1.82, 2.24) is 4.98 Å². The second-order valence-electron chi connectivity index (χ2n) is 5.65. The molecule has 0 aliphatic rings. The summed E-state index contributed by atoms with van der Waals surface area (Å²) in [5.74, 6) is -0.0920. The zero-order valence-corrected chi connectivity index (χ0v) is 14.9. The standard InChI is InChI=1S/C18H18N2OS2/c1-11(2)22-18-20-15-9-8-14(10-16(15)23-18)19-17(21)13-6-4-12(3)5-7-13/h4-11H,1-3H3,(H,19,21). The van der Waals surface area contributed by atoms with Crippen LogP contribution in [-0.4, -0.2) is 16.1 Å². The van der Waals surface area contributed by atoms with Gasteiger partial charge in [0.1, 0.15) is 0 Å². The molecule has 5 heteroatoms. The molecule has 0 fully saturated rings. The minimum absolute atomic E-state index is 0.0920. The number of benzene rings is 2. The van der Waals surface area contributed by atoms with E-state index in [2.05, 4.69) is 24.1 Å². The Morgan fingerprint density at radius 2 is 1.91 bits per heavy atom. The summed E-state index contributed by atoms with van der Waals surface area (Å²) in [6, 6.07) is 13.4. The molecule has 0 unspecified atom stereocenters. The zero-order chi connectivity index (χ0) is 16.4. The molecule has 3 nitrogen and oxygen atoms in total. The first-order valence-corrected chi connectivity index (χ1v) is 9.16. The average molecular weight is 342 g/mol. The number of aryl methyl sites for hydroxylation is 1. The van der Waals surface area contributed by atoms with E-state index in [-0.39, 0.29) is 5.91 Å². The first-order valence-electron chi connectivity index (χ1n) is 7.46. The van der Waals surface area contributed by atoms with E-state index < -0.39 is 0 Å². The van der Waals surface area contributed by atoms with Crippen LogP contribution in [0.1, 0.15) is 29.8 Å². The Morgan fingerprint density at radius 3 is 2.61 bits per heavy atom. The molecule has 0 radical (unpaired) electrons. The summed E-state index contributed by atoms with van der Waals surface area (Å²) in [6.45, 7) is 6.32. The van der Waals surface area contributed by atoms with Gasteiger partial charge in [0.05, 0.1) is 10.2 Å². The molecule has 0 saturated heterocycles. The molecule has 0 aliphatic carbocycles. The lowest BCUT2D eigenvalue weighted by atomic mass is 10.1. The fourth-order valence-electron chi connectivity index (χ4n) is 2.14. The topological polar surface area (TPSA) is 42.0 Å². The molecule has 1 heterocycles. The summed E-state index contributed by atoms with van der Waals surface area (Å²) in [5.41, 5.74) is 3.58. The van der Waals surface area contributed by atoms with Crippen LogP contribution in [0, 0.1) is 6.92 Å². The lowest BCUT2D eigenvalue weighted by Crippen LogP contribution is -2.11. The van der Waals surface area contributed by atoms with Crippen molar-refractivity contribution in [2.45, 2.75) is 30.4 Å². The van der Waals surface area contributed by atoms with E-state index in [4.69, 9.17) is 0 Å². The minimum Gasteiger partial charge on any atom is -0.322 e. The van der Waals surface area contributed by atoms with Gasteiger partial charge in [-0.3, -0.25) is 4.79 Å². The van der Waals surface area contributed by atoms with Crippen LogP contribution in [0.4, 0.5) is 5.69 Å². The van der Waals surface area contributed by atoms with Crippen molar-refractivity contribution < 1.29 is 4.79 Å². The van der Waals surface area contributed by atoms with E-state index in [0.29, 0.717) is 10.8 Å². The van der Waals surface area contributed by atoms with Crippen LogP contribution >= 0.6 is 23.1 Å². The molecule has 23 heavy (non-hydrogen) atoms. The maximum Gasteiger partial charge on any atom is 0.255 e. The molecule has 1 aromatic heterocycles. The van der Waals surface area contributed by atoms with Gasteiger partial charge in [0.2, 0.25) is 0 Å². The number of aromatic nitrogens is 1. The Bertz CT molecular complexity index is 838. The number of hydrogen-bond acceptors (Lipinski definition) is 4. The summed E-state index contributed by atoms with van der Waals surface area (Å²) < 4.78 is 2.16. The van der Waals surface area contributed by atoms with E-state index in [1.807, 2.05) is 49.4 Å². The van der Waals surface area contributed by atoms with Crippen LogP contribution in [0.3, 0.4) is 0 Å². The van der Waals surface area contributed by atoms with E-state index >= 15 is 0 Å². The molecule has 118 valence electrons. The molecular weight excluding hydrogens is 324 g/mol. The second kappa shape index (κ2) is 6.72. The molecule has 0 spiro atoms. The van der Waals surface area contributed by atoms with Crippen LogP contribution in [-0.2, 0) is 0 Å². The normalized spacial score (nSPS) is 11.1. The van der Waals surface area contributed by atoms with Gasteiger partial charge in [-0.1, -0.05) is 43.3 Å². The Balaban J connectivity index is 1.80. The number of hydrogen-bond donors (Lipinski definition) is 1. The largest absolute Gasteiger partial charge is 0.322 e. The fourth-order valence-corrected chi connectivity index (χ4v) is 4.47. The predicted octanol–water partition coefficient (Wildman–Crippen LogP) is 5.36. The van der Waals surface area contributed by atoms with Crippen molar-refractivity contribution in [2.75, 3.05) is 5.32 Å². The summed E-state index contributed by atoms with van der Waals surface area (Å²) in [7, 11) is 0. The number of rotatable bonds is 4. The fraction of sp³-hybridized carbons (Fsp3) is 0.222. The number of fused-ring (bicyclic) bond motifs is 1. The smallest absolute Gasteiger partial charge is 0.255 e. The van der Waals surface area contributed by atoms with Crippen LogP contribution in [0.25, 0.3) is 10.2 Å². The van der Waals surface area contributed by atoms with Crippen LogP contribution in [0.5, 0.6) is 0 Å². The Morgan fingerprint density at radius 1 is 1.17 bits per heavy atom. The molecule has 1 amide bonds. The summed E-state index contributed by atoms with van der Waals surface area (Å²) >= 11 is 3.43. The third-order valence-electron chi connectivity index (χ3n) is 3.28. The molecule has 0 saturated carbocycles. The van der Waals surface area contributed by atoms with E-state index in [9.17, 15) is 4.79 Å². The Hall–Kier alpha value is -1.85. The van der Waals surface area contributed by atoms with Crippen molar-refractivity contribution in [1.29, 1.82) is 0 Å². The highest BCUT2D eigenvalue weighted by Crippen LogP contribution is 2.33. The SMILES string of the molecule is Cc1ccc(C(=O)Nc2ccc3nc(SC(C)C)sc3c2)cc1. The lowest BCUT2D eigenvalue weighted by molar-refractivity contribution is 0.102. The maximum absolute atomic E-state index is 12.3. The number of amides is 1. The molecule has 3 aromatic rings. The van der Waals surface area contributed by atoms with Gasteiger partial charge < -0.3 is 5.32 Å². The number of carbonyl (C=O) groups is 1. The number of nitrogens with one attached hydrogen (secondary N) is 1. The molecule has 3 rings (SSSR count). The summed E-state index contributed by atoms with van der Waals surface area (Å²) in [6.07, 6.45) is 0. The summed E-state index contributed by atoms with van der Waals surface area (Å²) in [5, 5.41) is 3.46. The van der Waals surface area contributed by atoms with Gasteiger partial charge in [-0.15, -0.1) is 11.3 Å². The van der Waals surface area contributed by atoms with Gasteiger partial charge in [0, 0.05) is 16.5 Å². The summed E-state index contributed by atoms with van der Waals surface area (Å²) in [4.78, 5) is 16.9. The van der Waals surface area contributed by atoms with Gasteiger partial charge in [0.25, 0.3) is 5.91 Å².